The van der Waals surface area contributed by atoms with E-state index >= 15 is 0 Å². The molecule has 3 rings (SSSR count). The highest BCUT2D eigenvalue weighted by Crippen LogP contribution is 2.40. The Balaban J connectivity index is 1.86. The van der Waals surface area contributed by atoms with Crippen LogP contribution in [0.1, 0.15) is 5.56 Å². The van der Waals surface area contributed by atoms with E-state index in [1.165, 1.54) is 6.20 Å². The Labute approximate surface area is 152 Å². The summed E-state index contributed by atoms with van der Waals surface area (Å²) in [6, 6.07) is 16.7. The molecule has 1 aromatic heterocycles. The highest BCUT2D eigenvalue weighted by Gasteiger charge is 2.21. The Kier molecular flexibility index (Phi) is 5.25. The lowest BCUT2D eigenvalue weighted by atomic mass is 10.2. The van der Waals surface area contributed by atoms with Crippen LogP contribution in [0, 0.1) is 10.1 Å². The molecule has 0 aliphatic carbocycles. The SMILES string of the molecule is O=[N+]([O-])c1cncc(Br)c1Oc1ccccc1OCc1ccccc1. The summed E-state index contributed by atoms with van der Waals surface area (Å²) in [6.07, 6.45) is 2.59. The Morgan fingerprint density at radius 3 is 2.40 bits per heavy atom. The third-order valence-corrected chi connectivity index (χ3v) is 3.89. The van der Waals surface area contributed by atoms with Gasteiger partial charge in [0.1, 0.15) is 12.8 Å². The predicted molar refractivity (Wildman–Crippen MR) is 95.9 cm³/mol. The summed E-state index contributed by atoms with van der Waals surface area (Å²) in [5.74, 6) is 0.952. The molecular weight excluding hydrogens is 388 g/mol. The van der Waals surface area contributed by atoms with Gasteiger partial charge in [-0.05, 0) is 33.6 Å². The van der Waals surface area contributed by atoms with Crippen molar-refractivity contribution < 1.29 is 14.4 Å². The molecule has 0 radical (unpaired) electrons. The van der Waals surface area contributed by atoms with Gasteiger partial charge in [-0.25, -0.2) is 0 Å². The lowest BCUT2D eigenvalue weighted by Crippen LogP contribution is -1.99. The second-order valence-corrected chi connectivity index (χ2v) is 5.90. The van der Waals surface area contributed by atoms with Gasteiger partial charge in [-0.2, -0.15) is 0 Å². The number of hydrogen-bond donors (Lipinski definition) is 0. The number of benzene rings is 2. The van der Waals surface area contributed by atoms with Crippen LogP contribution in [0.4, 0.5) is 5.69 Å². The van der Waals surface area contributed by atoms with Gasteiger partial charge in [-0.15, -0.1) is 0 Å². The number of nitro groups is 1. The van der Waals surface area contributed by atoms with Gasteiger partial charge < -0.3 is 9.47 Å². The van der Waals surface area contributed by atoms with Crippen LogP contribution in [0.25, 0.3) is 0 Å². The molecule has 7 heteroatoms. The fourth-order valence-corrected chi connectivity index (χ4v) is 2.55. The van der Waals surface area contributed by atoms with Gasteiger partial charge in [0.2, 0.25) is 5.75 Å². The van der Waals surface area contributed by atoms with Crippen molar-refractivity contribution in [2.24, 2.45) is 0 Å². The molecule has 126 valence electrons. The number of pyridine rings is 1. The van der Waals surface area contributed by atoms with Crippen molar-refractivity contribution in [1.82, 2.24) is 4.98 Å². The van der Waals surface area contributed by atoms with Crippen LogP contribution in [0.3, 0.4) is 0 Å². The highest BCUT2D eigenvalue weighted by atomic mass is 79.9. The van der Waals surface area contributed by atoms with Crippen LogP contribution in [-0.2, 0) is 6.61 Å². The summed E-state index contributed by atoms with van der Waals surface area (Å²) in [5, 5.41) is 11.2. The number of para-hydroxylation sites is 2. The fraction of sp³-hybridized carbons (Fsp3) is 0.0556. The quantitative estimate of drug-likeness (QED) is 0.423. The van der Waals surface area contributed by atoms with E-state index in [9.17, 15) is 10.1 Å². The third kappa shape index (κ3) is 4.13. The van der Waals surface area contributed by atoms with Gasteiger partial charge in [0.25, 0.3) is 0 Å². The summed E-state index contributed by atoms with van der Waals surface area (Å²) in [4.78, 5) is 14.5. The van der Waals surface area contributed by atoms with Gasteiger partial charge in [0, 0.05) is 6.20 Å². The minimum atomic E-state index is -0.541. The summed E-state index contributed by atoms with van der Waals surface area (Å²) >= 11 is 3.24. The maximum Gasteiger partial charge on any atom is 0.330 e. The van der Waals surface area contributed by atoms with Crippen LogP contribution < -0.4 is 9.47 Å². The number of hydrogen-bond acceptors (Lipinski definition) is 5. The molecule has 0 fully saturated rings. The summed E-state index contributed by atoms with van der Waals surface area (Å²) < 4.78 is 12.0. The number of rotatable bonds is 6. The summed E-state index contributed by atoms with van der Waals surface area (Å²) in [5.41, 5.74) is 0.778. The van der Waals surface area contributed by atoms with E-state index in [1.54, 1.807) is 18.2 Å². The second-order valence-electron chi connectivity index (χ2n) is 5.05. The predicted octanol–water partition coefficient (Wildman–Crippen LogP) is 5.12. The zero-order chi connectivity index (χ0) is 17.6. The molecule has 1 heterocycles. The van der Waals surface area contributed by atoms with Gasteiger partial charge in [0.15, 0.2) is 11.5 Å². The lowest BCUT2D eigenvalue weighted by Gasteiger charge is -2.13. The first kappa shape index (κ1) is 16.9. The zero-order valence-electron chi connectivity index (χ0n) is 13.0. The van der Waals surface area contributed by atoms with E-state index in [4.69, 9.17) is 9.47 Å². The van der Waals surface area contributed by atoms with E-state index < -0.39 is 4.92 Å². The first-order chi connectivity index (χ1) is 12.1. The first-order valence-corrected chi connectivity index (χ1v) is 8.16. The van der Waals surface area contributed by atoms with Crippen LogP contribution in [0.15, 0.2) is 71.5 Å². The molecule has 0 atom stereocenters. The molecule has 0 aliphatic heterocycles. The minimum Gasteiger partial charge on any atom is -0.485 e. The molecule has 0 unspecified atom stereocenters. The Bertz CT molecular complexity index is 887. The van der Waals surface area contributed by atoms with Crippen molar-refractivity contribution in [2.45, 2.75) is 6.61 Å². The molecule has 0 amide bonds. The van der Waals surface area contributed by atoms with Gasteiger partial charge in [-0.3, -0.25) is 15.1 Å². The molecule has 0 saturated carbocycles. The zero-order valence-corrected chi connectivity index (χ0v) is 14.5. The molecule has 0 spiro atoms. The third-order valence-electron chi connectivity index (χ3n) is 3.33. The van der Waals surface area contributed by atoms with E-state index in [0.29, 0.717) is 22.6 Å². The number of halogens is 1. The molecular formula is C18H13BrN2O4. The van der Waals surface area contributed by atoms with Gasteiger partial charge in [-0.1, -0.05) is 42.5 Å². The van der Waals surface area contributed by atoms with Crippen molar-refractivity contribution in [2.75, 3.05) is 0 Å². The van der Waals surface area contributed by atoms with Crippen LogP contribution in [-0.4, -0.2) is 9.91 Å². The molecule has 25 heavy (non-hydrogen) atoms. The summed E-state index contributed by atoms with van der Waals surface area (Å²) in [6.45, 7) is 0.362. The maximum atomic E-state index is 11.2. The average molecular weight is 401 g/mol. The smallest absolute Gasteiger partial charge is 0.330 e. The Morgan fingerprint density at radius 1 is 1.00 bits per heavy atom. The van der Waals surface area contributed by atoms with Crippen molar-refractivity contribution in [3.8, 4) is 17.2 Å². The maximum absolute atomic E-state index is 11.2. The molecule has 0 bridgehead atoms. The van der Waals surface area contributed by atoms with Crippen LogP contribution in [0.2, 0.25) is 0 Å². The van der Waals surface area contributed by atoms with Crippen molar-refractivity contribution in [3.05, 3.63) is 87.1 Å². The number of nitrogens with zero attached hydrogens (tertiary/aromatic N) is 2. The van der Waals surface area contributed by atoms with Crippen molar-refractivity contribution in [1.29, 1.82) is 0 Å². The molecule has 6 nitrogen and oxygen atoms in total. The van der Waals surface area contributed by atoms with E-state index in [1.807, 2.05) is 36.4 Å². The lowest BCUT2D eigenvalue weighted by molar-refractivity contribution is -0.386. The molecule has 2 aromatic carbocycles. The fourth-order valence-electron chi connectivity index (χ4n) is 2.14. The number of ether oxygens (including phenoxy) is 2. The minimum absolute atomic E-state index is 0.0794. The van der Waals surface area contributed by atoms with Crippen LogP contribution >= 0.6 is 15.9 Å². The summed E-state index contributed by atoms with van der Waals surface area (Å²) in [7, 11) is 0. The second kappa shape index (κ2) is 7.76. The van der Waals surface area contributed by atoms with E-state index in [0.717, 1.165) is 11.8 Å². The average Bonchev–Trinajstić information content (AvgIpc) is 2.63. The molecule has 0 saturated heterocycles. The van der Waals surface area contributed by atoms with Crippen LogP contribution in [0.5, 0.6) is 17.2 Å². The van der Waals surface area contributed by atoms with Crippen molar-refractivity contribution >= 4 is 21.6 Å². The first-order valence-electron chi connectivity index (χ1n) is 7.36. The monoisotopic (exact) mass is 400 g/mol. The van der Waals surface area contributed by atoms with Gasteiger partial charge in [0.05, 0.1) is 9.40 Å². The van der Waals surface area contributed by atoms with E-state index in [-0.39, 0.29) is 11.4 Å². The Hall–Kier alpha value is -2.93. The Morgan fingerprint density at radius 2 is 1.68 bits per heavy atom. The molecule has 0 aliphatic rings. The van der Waals surface area contributed by atoms with Crippen molar-refractivity contribution in [3.63, 3.8) is 0 Å². The topological polar surface area (TPSA) is 74.5 Å². The standard InChI is InChI=1S/C18H13BrN2O4/c19-14-10-20-11-15(21(22)23)18(14)25-17-9-5-4-8-16(17)24-12-13-6-2-1-3-7-13/h1-11H,12H2. The largest absolute Gasteiger partial charge is 0.485 e. The van der Waals surface area contributed by atoms with E-state index in [2.05, 4.69) is 20.9 Å². The van der Waals surface area contributed by atoms with Gasteiger partial charge >= 0.3 is 5.69 Å². The highest BCUT2D eigenvalue weighted by molar-refractivity contribution is 9.10. The molecule has 0 N–H and O–H groups in total. The molecule has 3 aromatic rings. The normalized spacial score (nSPS) is 10.3. The number of aromatic nitrogens is 1.